The second kappa shape index (κ2) is 8.68. The highest BCUT2D eigenvalue weighted by Crippen LogP contribution is 2.28. The Morgan fingerprint density at radius 2 is 1.86 bits per heavy atom. The maximum Gasteiger partial charge on any atom is 0.408 e. The van der Waals surface area contributed by atoms with Gasteiger partial charge in [-0.05, 0) is 58.2 Å². The largest absolute Gasteiger partial charge is 0.444 e. The van der Waals surface area contributed by atoms with Gasteiger partial charge in [0, 0.05) is 17.0 Å². The Labute approximate surface area is 170 Å². The van der Waals surface area contributed by atoms with Gasteiger partial charge in [-0.1, -0.05) is 20.3 Å². The zero-order valence-electron chi connectivity index (χ0n) is 18.0. The van der Waals surface area contributed by atoms with E-state index < -0.39 is 29.3 Å². The summed E-state index contributed by atoms with van der Waals surface area (Å²) in [6.07, 6.45) is -0.0306. The maximum absolute atomic E-state index is 12.9. The van der Waals surface area contributed by atoms with Crippen molar-refractivity contribution in [2.75, 3.05) is 0 Å². The molecule has 1 aromatic heterocycles. The third-order valence-electron chi connectivity index (χ3n) is 4.67. The average Bonchev–Trinajstić information content (AvgIpc) is 2.60. The van der Waals surface area contributed by atoms with Crippen molar-refractivity contribution in [3.8, 4) is 5.75 Å². The second-order valence-electron chi connectivity index (χ2n) is 8.24. The Bertz CT molecular complexity index is 970. The smallest absolute Gasteiger partial charge is 0.408 e. The monoisotopic (exact) mass is 403 g/mol. The summed E-state index contributed by atoms with van der Waals surface area (Å²) < 4.78 is 16.1. The standard InChI is InChI=1S/C22H29NO6/c1-8-12(2)18(23-21(26)29-22(5,6)7)20(25)27-16-10-9-15-13(3)11-17(24)28-19(15)14(16)4/h9-12,18H,8H2,1-7H3,(H,23,26)/t12-,18+/m0/s1. The minimum atomic E-state index is -0.880. The lowest BCUT2D eigenvalue weighted by Gasteiger charge is -2.25. The Balaban J connectivity index is 2.30. The maximum atomic E-state index is 12.9. The van der Waals surface area contributed by atoms with Crippen molar-refractivity contribution in [3.63, 3.8) is 0 Å². The quantitative estimate of drug-likeness (QED) is 0.455. The van der Waals surface area contributed by atoms with Crippen LogP contribution in [0.25, 0.3) is 11.0 Å². The molecule has 1 heterocycles. The highest BCUT2D eigenvalue weighted by molar-refractivity contribution is 5.87. The SMILES string of the molecule is CC[C@H](C)[C@@H](NC(=O)OC(C)(C)C)C(=O)Oc1ccc2c(C)cc(=O)oc2c1C. The summed E-state index contributed by atoms with van der Waals surface area (Å²) in [5.74, 6) is -0.505. The molecular formula is C22H29NO6. The molecule has 7 heteroatoms. The van der Waals surface area contributed by atoms with Gasteiger partial charge in [-0.3, -0.25) is 0 Å². The van der Waals surface area contributed by atoms with Crippen molar-refractivity contribution in [1.29, 1.82) is 0 Å². The molecule has 1 N–H and O–H groups in total. The van der Waals surface area contributed by atoms with Gasteiger partial charge in [-0.15, -0.1) is 0 Å². The van der Waals surface area contributed by atoms with Gasteiger partial charge < -0.3 is 19.2 Å². The molecule has 158 valence electrons. The summed E-state index contributed by atoms with van der Waals surface area (Å²) in [5.41, 5.74) is 0.544. The van der Waals surface area contributed by atoms with E-state index in [1.165, 1.54) is 6.07 Å². The van der Waals surface area contributed by atoms with Crippen molar-refractivity contribution in [2.45, 2.75) is 66.5 Å². The van der Waals surface area contributed by atoms with Crippen LogP contribution in [0.2, 0.25) is 0 Å². The Morgan fingerprint density at radius 1 is 1.21 bits per heavy atom. The number of fused-ring (bicyclic) bond motifs is 1. The van der Waals surface area contributed by atoms with Gasteiger partial charge in [-0.2, -0.15) is 0 Å². The van der Waals surface area contributed by atoms with Crippen LogP contribution in [0.1, 0.15) is 52.2 Å². The van der Waals surface area contributed by atoms with E-state index >= 15 is 0 Å². The molecule has 1 amide bonds. The average molecular weight is 403 g/mol. The molecule has 0 saturated heterocycles. The third-order valence-corrected chi connectivity index (χ3v) is 4.67. The van der Waals surface area contributed by atoms with Gasteiger partial charge in [0.15, 0.2) is 0 Å². The molecule has 0 aliphatic heterocycles. The van der Waals surface area contributed by atoms with Crippen LogP contribution >= 0.6 is 0 Å². The molecule has 29 heavy (non-hydrogen) atoms. The Morgan fingerprint density at radius 3 is 2.45 bits per heavy atom. The molecule has 0 radical (unpaired) electrons. The topological polar surface area (TPSA) is 94.8 Å². The zero-order valence-corrected chi connectivity index (χ0v) is 18.0. The van der Waals surface area contributed by atoms with Gasteiger partial charge in [0.1, 0.15) is 23.0 Å². The predicted octanol–water partition coefficient (Wildman–Crippen LogP) is 4.25. The predicted molar refractivity (Wildman–Crippen MR) is 110 cm³/mol. The molecule has 2 rings (SSSR count). The van der Waals surface area contributed by atoms with Gasteiger partial charge in [0.2, 0.25) is 0 Å². The number of aryl methyl sites for hydroxylation is 2. The Kier molecular flexibility index (Phi) is 6.72. The van der Waals surface area contributed by atoms with Crippen LogP contribution in [0.4, 0.5) is 4.79 Å². The number of ether oxygens (including phenoxy) is 2. The number of rotatable bonds is 5. The van der Waals surface area contributed by atoms with Gasteiger partial charge in [0.25, 0.3) is 0 Å². The molecule has 0 saturated carbocycles. The lowest BCUT2D eigenvalue weighted by atomic mass is 9.99. The second-order valence-corrected chi connectivity index (χ2v) is 8.24. The molecular weight excluding hydrogens is 374 g/mol. The van der Waals surface area contributed by atoms with Crippen LogP contribution in [-0.4, -0.2) is 23.7 Å². The summed E-state index contributed by atoms with van der Waals surface area (Å²) in [7, 11) is 0. The number of esters is 1. The Hall–Kier alpha value is -2.83. The molecule has 0 fully saturated rings. The molecule has 0 aliphatic carbocycles. The molecule has 0 spiro atoms. The van der Waals surface area contributed by atoms with Gasteiger partial charge in [-0.25, -0.2) is 14.4 Å². The molecule has 2 aromatic rings. The normalized spacial score (nSPS) is 13.6. The minimum Gasteiger partial charge on any atom is -0.444 e. The molecule has 0 unspecified atom stereocenters. The van der Waals surface area contributed by atoms with Gasteiger partial charge in [0.05, 0.1) is 0 Å². The van der Waals surface area contributed by atoms with Crippen molar-refractivity contribution in [1.82, 2.24) is 5.32 Å². The third kappa shape index (κ3) is 5.59. The van der Waals surface area contributed by atoms with E-state index in [0.717, 1.165) is 10.9 Å². The number of alkyl carbamates (subject to hydrolysis) is 1. The molecule has 1 aromatic carbocycles. The van der Waals surface area contributed by atoms with Crippen LogP contribution in [0, 0.1) is 19.8 Å². The zero-order chi connectivity index (χ0) is 21.9. The van der Waals surface area contributed by atoms with E-state index in [4.69, 9.17) is 13.9 Å². The highest BCUT2D eigenvalue weighted by atomic mass is 16.6. The van der Waals surface area contributed by atoms with Crippen LogP contribution in [0.3, 0.4) is 0 Å². The lowest BCUT2D eigenvalue weighted by molar-refractivity contribution is -0.138. The number of amides is 1. The number of carbonyl (C=O) groups excluding carboxylic acids is 2. The number of hydrogen-bond donors (Lipinski definition) is 1. The van der Waals surface area contributed by atoms with Crippen LogP contribution in [0.5, 0.6) is 5.75 Å². The summed E-state index contributed by atoms with van der Waals surface area (Å²) in [4.78, 5) is 36.7. The first-order valence-corrected chi connectivity index (χ1v) is 9.68. The first-order valence-electron chi connectivity index (χ1n) is 9.68. The summed E-state index contributed by atoms with van der Waals surface area (Å²) in [6.45, 7) is 12.5. The van der Waals surface area contributed by atoms with E-state index in [1.807, 2.05) is 20.8 Å². The first-order chi connectivity index (χ1) is 13.4. The van der Waals surface area contributed by atoms with E-state index in [1.54, 1.807) is 39.8 Å². The van der Waals surface area contributed by atoms with Crippen molar-refractivity contribution < 1.29 is 23.5 Å². The number of hydrogen-bond acceptors (Lipinski definition) is 6. The summed E-state index contributed by atoms with van der Waals surface area (Å²) in [6, 6.07) is 3.93. The number of nitrogens with one attached hydrogen (secondary N) is 1. The van der Waals surface area contributed by atoms with E-state index in [-0.39, 0.29) is 11.7 Å². The van der Waals surface area contributed by atoms with E-state index in [2.05, 4.69) is 5.32 Å². The van der Waals surface area contributed by atoms with Crippen molar-refractivity contribution >= 4 is 23.0 Å². The van der Waals surface area contributed by atoms with Crippen molar-refractivity contribution in [2.24, 2.45) is 5.92 Å². The molecule has 0 bridgehead atoms. The fourth-order valence-corrected chi connectivity index (χ4v) is 2.89. The minimum absolute atomic E-state index is 0.170. The van der Waals surface area contributed by atoms with Crippen LogP contribution in [-0.2, 0) is 9.53 Å². The van der Waals surface area contributed by atoms with E-state index in [9.17, 15) is 14.4 Å². The summed E-state index contributed by atoms with van der Waals surface area (Å²) in [5, 5.41) is 3.38. The highest BCUT2D eigenvalue weighted by Gasteiger charge is 2.30. The van der Waals surface area contributed by atoms with Crippen LogP contribution in [0.15, 0.2) is 27.4 Å². The van der Waals surface area contributed by atoms with Crippen molar-refractivity contribution in [3.05, 3.63) is 39.7 Å². The summed E-state index contributed by atoms with van der Waals surface area (Å²) >= 11 is 0. The van der Waals surface area contributed by atoms with E-state index in [0.29, 0.717) is 17.6 Å². The molecule has 7 nitrogen and oxygen atoms in total. The fraction of sp³-hybridized carbons (Fsp3) is 0.500. The first kappa shape index (κ1) is 22.5. The fourth-order valence-electron chi connectivity index (χ4n) is 2.89. The van der Waals surface area contributed by atoms with Gasteiger partial charge >= 0.3 is 17.7 Å². The van der Waals surface area contributed by atoms with Crippen LogP contribution < -0.4 is 15.7 Å². The number of benzene rings is 1. The molecule has 2 atom stereocenters. The lowest BCUT2D eigenvalue weighted by Crippen LogP contribution is -2.48. The number of carbonyl (C=O) groups is 2. The molecule has 0 aliphatic rings.